The Morgan fingerprint density at radius 3 is 2.44 bits per heavy atom. The highest BCUT2D eigenvalue weighted by Crippen LogP contribution is 2.32. The zero-order chi connectivity index (χ0) is 18.0. The van der Waals surface area contributed by atoms with Gasteiger partial charge < -0.3 is 0 Å². The number of benzene rings is 2. The Hall–Kier alpha value is -3.58. The summed E-state index contributed by atoms with van der Waals surface area (Å²) in [6.45, 7) is 0. The lowest BCUT2D eigenvalue weighted by Crippen LogP contribution is -2.21. The summed E-state index contributed by atoms with van der Waals surface area (Å²) in [5, 5.41) is 12.7. The Kier molecular flexibility index (Phi) is 2.81. The molecular weight excluding hydrogens is 358 g/mol. The lowest BCUT2D eigenvalue weighted by molar-refractivity contribution is 0.815. The monoisotopic (exact) mass is 369 g/mol. The van der Waals surface area contributed by atoms with E-state index >= 15 is 0 Å². The van der Waals surface area contributed by atoms with Crippen molar-refractivity contribution >= 4 is 43.6 Å². The van der Waals surface area contributed by atoms with Gasteiger partial charge in [0, 0.05) is 21.7 Å². The average Bonchev–Trinajstić information content (AvgIpc) is 3.36. The standard InChI is InChI=1S/C20H11N5OS/c26-20-16-15(12-6-2-1-3-7-12)10-27-19(16)22-17-13-8-4-5-9-14(13)18-23-21-11-24(18)25(17)20/h1-11H. The quantitative estimate of drug-likeness (QED) is 0.414. The molecule has 2 aromatic carbocycles. The lowest BCUT2D eigenvalue weighted by atomic mass is 10.1. The topological polar surface area (TPSA) is 64.6 Å². The fourth-order valence-corrected chi connectivity index (χ4v) is 4.55. The highest BCUT2D eigenvalue weighted by atomic mass is 32.1. The van der Waals surface area contributed by atoms with Crippen LogP contribution in [0.4, 0.5) is 0 Å². The summed E-state index contributed by atoms with van der Waals surface area (Å²) in [7, 11) is 0. The molecule has 6 rings (SSSR count). The minimum absolute atomic E-state index is 0.120. The zero-order valence-corrected chi connectivity index (χ0v) is 14.7. The Balaban J connectivity index is 1.89. The summed E-state index contributed by atoms with van der Waals surface area (Å²) in [5.41, 5.74) is 3.03. The van der Waals surface area contributed by atoms with Crippen LogP contribution in [0.1, 0.15) is 0 Å². The van der Waals surface area contributed by atoms with Crippen molar-refractivity contribution in [2.75, 3.05) is 0 Å². The predicted molar refractivity (Wildman–Crippen MR) is 106 cm³/mol. The van der Waals surface area contributed by atoms with Crippen LogP contribution in [0.5, 0.6) is 0 Å². The van der Waals surface area contributed by atoms with Crippen molar-refractivity contribution in [3.8, 4) is 11.1 Å². The van der Waals surface area contributed by atoms with Crippen LogP contribution in [0.2, 0.25) is 0 Å². The molecule has 27 heavy (non-hydrogen) atoms. The zero-order valence-electron chi connectivity index (χ0n) is 13.9. The highest BCUT2D eigenvalue weighted by Gasteiger charge is 2.18. The van der Waals surface area contributed by atoms with E-state index < -0.39 is 0 Å². The Morgan fingerprint density at radius 1 is 0.889 bits per heavy atom. The van der Waals surface area contributed by atoms with E-state index in [1.54, 1.807) is 15.4 Å². The molecule has 0 fully saturated rings. The smallest absolute Gasteiger partial charge is 0.267 e. The van der Waals surface area contributed by atoms with Crippen molar-refractivity contribution in [2.45, 2.75) is 0 Å². The van der Waals surface area contributed by atoms with Crippen LogP contribution in [0.25, 0.3) is 43.4 Å². The van der Waals surface area contributed by atoms with E-state index in [1.165, 1.54) is 11.3 Å². The molecule has 0 unspecified atom stereocenters. The van der Waals surface area contributed by atoms with Crippen molar-refractivity contribution in [2.24, 2.45) is 0 Å². The van der Waals surface area contributed by atoms with Gasteiger partial charge in [-0.3, -0.25) is 4.79 Å². The van der Waals surface area contributed by atoms with Crippen LogP contribution in [0.3, 0.4) is 0 Å². The molecule has 0 N–H and O–H groups in total. The van der Waals surface area contributed by atoms with Crippen molar-refractivity contribution in [1.82, 2.24) is 24.2 Å². The number of aromatic nitrogens is 5. The fourth-order valence-electron chi connectivity index (χ4n) is 3.61. The molecule has 0 spiro atoms. The molecule has 0 aliphatic rings. The average molecular weight is 369 g/mol. The van der Waals surface area contributed by atoms with Crippen LogP contribution >= 0.6 is 11.3 Å². The predicted octanol–water partition coefficient (Wildman–Crippen LogP) is 3.77. The molecule has 0 bridgehead atoms. The molecule has 0 aliphatic carbocycles. The van der Waals surface area contributed by atoms with E-state index in [0.717, 1.165) is 26.7 Å². The molecule has 4 heterocycles. The second kappa shape index (κ2) is 5.21. The number of nitrogens with zero attached hydrogens (tertiary/aromatic N) is 5. The Labute approximate surface area is 155 Å². The van der Waals surface area contributed by atoms with Gasteiger partial charge in [-0.2, -0.15) is 4.52 Å². The van der Waals surface area contributed by atoms with Gasteiger partial charge in [-0.05, 0) is 5.56 Å². The maximum atomic E-state index is 13.6. The molecule has 0 amide bonds. The molecule has 7 heteroatoms. The van der Waals surface area contributed by atoms with Crippen LogP contribution in [-0.4, -0.2) is 24.2 Å². The fraction of sp³-hybridized carbons (Fsp3) is 0. The largest absolute Gasteiger partial charge is 0.282 e. The van der Waals surface area contributed by atoms with E-state index in [2.05, 4.69) is 10.2 Å². The molecule has 0 radical (unpaired) electrons. The van der Waals surface area contributed by atoms with Gasteiger partial charge in [-0.1, -0.05) is 54.6 Å². The highest BCUT2D eigenvalue weighted by molar-refractivity contribution is 7.17. The summed E-state index contributed by atoms with van der Waals surface area (Å²) in [5.74, 6) is 0. The summed E-state index contributed by atoms with van der Waals surface area (Å²) >= 11 is 1.49. The van der Waals surface area contributed by atoms with Gasteiger partial charge >= 0.3 is 0 Å². The van der Waals surface area contributed by atoms with E-state index in [9.17, 15) is 4.79 Å². The number of thiophene rings is 1. The molecule has 6 aromatic rings. The third kappa shape index (κ3) is 1.89. The molecule has 128 valence electrons. The SMILES string of the molecule is O=c1c2c(-c3ccccc3)csc2nc2c3ccccc3c3nncn3n12. The van der Waals surface area contributed by atoms with Crippen LogP contribution < -0.4 is 5.56 Å². The summed E-state index contributed by atoms with van der Waals surface area (Å²) in [6.07, 6.45) is 1.55. The maximum absolute atomic E-state index is 13.6. The first-order valence-corrected chi connectivity index (χ1v) is 9.31. The Morgan fingerprint density at radius 2 is 1.63 bits per heavy atom. The van der Waals surface area contributed by atoms with E-state index in [-0.39, 0.29) is 5.56 Å². The second-order valence-electron chi connectivity index (χ2n) is 6.29. The van der Waals surface area contributed by atoms with Gasteiger partial charge in [0.25, 0.3) is 5.56 Å². The van der Waals surface area contributed by atoms with Gasteiger partial charge in [0.05, 0.1) is 5.39 Å². The minimum atomic E-state index is -0.120. The Bertz CT molecular complexity index is 1550. The van der Waals surface area contributed by atoms with Crippen LogP contribution in [0.15, 0.2) is 71.1 Å². The first-order chi connectivity index (χ1) is 13.3. The summed E-state index contributed by atoms with van der Waals surface area (Å²) in [4.78, 5) is 19.1. The lowest BCUT2D eigenvalue weighted by Gasteiger charge is -2.08. The van der Waals surface area contributed by atoms with Crippen molar-refractivity contribution < 1.29 is 0 Å². The van der Waals surface area contributed by atoms with Gasteiger partial charge in [0.2, 0.25) is 0 Å². The molecule has 0 saturated carbocycles. The molecule has 0 saturated heterocycles. The molecule has 0 atom stereocenters. The summed E-state index contributed by atoms with van der Waals surface area (Å²) < 4.78 is 3.25. The van der Waals surface area contributed by atoms with Crippen LogP contribution in [0, 0.1) is 0 Å². The number of rotatable bonds is 1. The summed E-state index contributed by atoms with van der Waals surface area (Å²) in [6, 6.07) is 17.7. The van der Waals surface area contributed by atoms with E-state index in [4.69, 9.17) is 4.98 Å². The van der Waals surface area contributed by atoms with Gasteiger partial charge in [0.1, 0.15) is 11.2 Å². The van der Waals surface area contributed by atoms with Gasteiger partial charge in [-0.15, -0.1) is 21.5 Å². The number of hydrogen-bond donors (Lipinski definition) is 0. The van der Waals surface area contributed by atoms with E-state index in [0.29, 0.717) is 16.7 Å². The first kappa shape index (κ1) is 14.6. The number of hydrogen-bond acceptors (Lipinski definition) is 5. The molecule has 0 aliphatic heterocycles. The van der Waals surface area contributed by atoms with Crippen molar-refractivity contribution in [3.05, 3.63) is 76.7 Å². The normalized spacial score (nSPS) is 11.9. The second-order valence-corrected chi connectivity index (χ2v) is 7.15. The maximum Gasteiger partial charge on any atom is 0.282 e. The van der Waals surface area contributed by atoms with Gasteiger partial charge in [0.15, 0.2) is 11.3 Å². The van der Waals surface area contributed by atoms with E-state index in [1.807, 2.05) is 60.0 Å². The molecular formula is C20H11N5OS. The minimum Gasteiger partial charge on any atom is -0.267 e. The molecule has 4 aromatic heterocycles. The van der Waals surface area contributed by atoms with Gasteiger partial charge in [-0.25, -0.2) is 9.50 Å². The third-order valence-electron chi connectivity index (χ3n) is 4.83. The van der Waals surface area contributed by atoms with Crippen molar-refractivity contribution in [1.29, 1.82) is 0 Å². The van der Waals surface area contributed by atoms with Crippen LogP contribution in [-0.2, 0) is 0 Å². The molecule has 6 nitrogen and oxygen atoms in total. The third-order valence-corrected chi connectivity index (χ3v) is 5.70. The number of fused-ring (bicyclic) bond motifs is 7. The van der Waals surface area contributed by atoms with Crippen molar-refractivity contribution in [3.63, 3.8) is 0 Å². The first-order valence-electron chi connectivity index (χ1n) is 8.43.